The maximum absolute atomic E-state index is 12.3. The topological polar surface area (TPSA) is 46.9 Å². The minimum atomic E-state index is -0.0732. The van der Waals surface area contributed by atoms with E-state index in [0.29, 0.717) is 10.9 Å². The predicted molar refractivity (Wildman–Crippen MR) is 83.1 cm³/mol. The summed E-state index contributed by atoms with van der Waals surface area (Å²) in [6.45, 7) is 1.89. The molecule has 0 aliphatic carbocycles. The highest BCUT2D eigenvalue weighted by Crippen LogP contribution is 2.09. The molecule has 5 heteroatoms. The van der Waals surface area contributed by atoms with E-state index in [0.717, 1.165) is 12.1 Å². The fourth-order valence-corrected chi connectivity index (χ4v) is 2.42. The van der Waals surface area contributed by atoms with E-state index in [1.165, 1.54) is 5.56 Å². The molecule has 106 valence electrons. The third-order valence-corrected chi connectivity index (χ3v) is 4.11. The van der Waals surface area contributed by atoms with Crippen LogP contribution in [0.3, 0.4) is 0 Å². The lowest BCUT2D eigenvalue weighted by Crippen LogP contribution is -2.37. The minimum Gasteiger partial charge on any atom is -0.348 e. The van der Waals surface area contributed by atoms with Crippen LogP contribution in [0.25, 0.3) is 0 Å². The van der Waals surface area contributed by atoms with Gasteiger partial charge in [-0.05, 0) is 18.9 Å². The van der Waals surface area contributed by atoms with Gasteiger partial charge < -0.3 is 5.32 Å². The van der Waals surface area contributed by atoms with E-state index in [-0.39, 0.29) is 11.9 Å². The third kappa shape index (κ3) is 3.48. The minimum absolute atomic E-state index is 0.0597. The second-order valence-electron chi connectivity index (χ2n) is 4.78. The van der Waals surface area contributed by atoms with Gasteiger partial charge in [-0.3, -0.25) is 9.48 Å². The van der Waals surface area contributed by atoms with Crippen molar-refractivity contribution in [2.24, 2.45) is 7.05 Å². The van der Waals surface area contributed by atoms with E-state index in [2.05, 4.69) is 38.5 Å². The number of benzene rings is 1. The van der Waals surface area contributed by atoms with Gasteiger partial charge in [-0.15, -0.1) is 0 Å². The lowest BCUT2D eigenvalue weighted by atomic mass is 10.1. The van der Waals surface area contributed by atoms with Crippen LogP contribution in [0.15, 0.2) is 36.5 Å². The van der Waals surface area contributed by atoms with Crippen molar-refractivity contribution in [2.75, 3.05) is 5.33 Å². The monoisotopic (exact) mass is 335 g/mol. The molecule has 1 heterocycles. The zero-order valence-electron chi connectivity index (χ0n) is 11.6. The van der Waals surface area contributed by atoms with Crippen LogP contribution < -0.4 is 5.32 Å². The average molecular weight is 336 g/mol. The van der Waals surface area contributed by atoms with Crippen LogP contribution in [-0.2, 0) is 13.5 Å². The fraction of sp³-hybridized carbons (Fsp3) is 0.333. The Morgan fingerprint density at radius 3 is 2.65 bits per heavy atom. The van der Waals surface area contributed by atoms with Crippen molar-refractivity contribution in [3.8, 4) is 0 Å². The van der Waals surface area contributed by atoms with Gasteiger partial charge in [-0.25, -0.2) is 0 Å². The summed E-state index contributed by atoms with van der Waals surface area (Å²) in [7, 11) is 1.83. The van der Waals surface area contributed by atoms with Gasteiger partial charge in [0, 0.05) is 24.1 Å². The summed E-state index contributed by atoms with van der Waals surface area (Å²) in [6, 6.07) is 10.2. The number of aromatic nitrogens is 2. The summed E-state index contributed by atoms with van der Waals surface area (Å²) >= 11 is 3.46. The molecule has 0 saturated carbocycles. The molecule has 0 saturated heterocycles. The Hall–Kier alpha value is -1.62. The fourth-order valence-electron chi connectivity index (χ4n) is 2.03. The van der Waals surface area contributed by atoms with Crippen LogP contribution in [0.4, 0.5) is 0 Å². The maximum atomic E-state index is 12.3. The number of aryl methyl sites for hydroxylation is 1. The van der Waals surface area contributed by atoms with Gasteiger partial charge in [0.05, 0.1) is 11.8 Å². The molecule has 1 N–H and O–H groups in total. The van der Waals surface area contributed by atoms with E-state index >= 15 is 0 Å². The Labute approximate surface area is 127 Å². The van der Waals surface area contributed by atoms with E-state index in [1.54, 1.807) is 10.9 Å². The highest BCUT2D eigenvalue weighted by Gasteiger charge is 2.17. The molecule has 0 fully saturated rings. The molecule has 2 rings (SSSR count). The Kier molecular flexibility index (Phi) is 4.95. The third-order valence-electron chi connectivity index (χ3n) is 3.33. The number of amides is 1. The zero-order chi connectivity index (χ0) is 14.5. The lowest BCUT2D eigenvalue weighted by Gasteiger charge is -2.16. The number of carbonyl (C=O) groups excluding carboxylic acids is 1. The Bertz CT molecular complexity index is 580. The van der Waals surface area contributed by atoms with Crippen LogP contribution in [0.2, 0.25) is 0 Å². The molecule has 2 aromatic rings. The Balaban J connectivity index is 2.03. The van der Waals surface area contributed by atoms with Gasteiger partial charge in [0.25, 0.3) is 5.91 Å². The molecule has 1 unspecified atom stereocenters. The van der Waals surface area contributed by atoms with E-state index in [9.17, 15) is 4.79 Å². The Morgan fingerprint density at radius 1 is 1.40 bits per heavy atom. The van der Waals surface area contributed by atoms with Crippen LogP contribution >= 0.6 is 15.9 Å². The van der Waals surface area contributed by atoms with E-state index in [1.807, 2.05) is 32.2 Å². The van der Waals surface area contributed by atoms with Crippen LogP contribution in [0.5, 0.6) is 0 Å². The summed E-state index contributed by atoms with van der Waals surface area (Å²) in [4.78, 5) is 12.3. The zero-order valence-corrected chi connectivity index (χ0v) is 13.2. The van der Waals surface area contributed by atoms with Crippen molar-refractivity contribution in [2.45, 2.75) is 19.4 Å². The predicted octanol–water partition coefficient (Wildman–Crippen LogP) is 2.46. The normalized spacial score (nSPS) is 12.2. The first-order valence-corrected chi connectivity index (χ1v) is 7.63. The average Bonchev–Trinajstić information content (AvgIpc) is 2.79. The second-order valence-corrected chi connectivity index (χ2v) is 5.43. The number of alkyl halides is 1. The van der Waals surface area contributed by atoms with Gasteiger partial charge in [0.2, 0.25) is 0 Å². The molecule has 0 bridgehead atoms. The Morgan fingerprint density at radius 2 is 2.10 bits per heavy atom. The second kappa shape index (κ2) is 6.70. The summed E-state index contributed by atoms with van der Waals surface area (Å²) in [6.07, 6.45) is 2.41. The summed E-state index contributed by atoms with van der Waals surface area (Å²) in [5.74, 6) is -0.0732. The van der Waals surface area contributed by atoms with Crippen LogP contribution in [0, 0.1) is 6.92 Å². The lowest BCUT2D eigenvalue weighted by molar-refractivity contribution is 0.0940. The standard InChI is InChI=1S/C15H18BrN3O/c1-11-14(10-17-19(11)2)15(20)18-13(9-16)8-12-6-4-3-5-7-12/h3-7,10,13H,8-9H2,1-2H3,(H,18,20). The highest BCUT2D eigenvalue weighted by molar-refractivity contribution is 9.09. The van der Waals surface area contributed by atoms with Crippen molar-refractivity contribution in [1.29, 1.82) is 0 Å². The van der Waals surface area contributed by atoms with Gasteiger partial charge in [-0.2, -0.15) is 5.10 Å². The smallest absolute Gasteiger partial charge is 0.255 e. The van der Waals surface area contributed by atoms with E-state index < -0.39 is 0 Å². The number of nitrogens with zero attached hydrogens (tertiary/aromatic N) is 2. The van der Waals surface area contributed by atoms with Crippen LogP contribution in [0.1, 0.15) is 21.6 Å². The summed E-state index contributed by atoms with van der Waals surface area (Å²) in [5, 5.41) is 7.86. The van der Waals surface area contributed by atoms with Crippen molar-refractivity contribution in [3.63, 3.8) is 0 Å². The number of hydrogen-bond acceptors (Lipinski definition) is 2. The molecule has 20 heavy (non-hydrogen) atoms. The van der Waals surface area contributed by atoms with Gasteiger partial charge >= 0.3 is 0 Å². The maximum Gasteiger partial charge on any atom is 0.255 e. The summed E-state index contributed by atoms with van der Waals surface area (Å²) < 4.78 is 1.70. The molecule has 1 atom stereocenters. The van der Waals surface area contributed by atoms with Crippen molar-refractivity contribution < 1.29 is 4.79 Å². The highest BCUT2D eigenvalue weighted by atomic mass is 79.9. The molecular formula is C15H18BrN3O. The quantitative estimate of drug-likeness (QED) is 0.853. The molecule has 0 radical (unpaired) electrons. The largest absolute Gasteiger partial charge is 0.348 e. The number of nitrogens with one attached hydrogen (secondary N) is 1. The SMILES string of the molecule is Cc1c(C(=O)NC(CBr)Cc2ccccc2)cnn1C. The first-order chi connectivity index (χ1) is 9.61. The molecule has 4 nitrogen and oxygen atoms in total. The van der Waals surface area contributed by atoms with Gasteiger partial charge in [0.15, 0.2) is 0 Å². The first-order valence-electron chi connectivity index (χ1n) is 6.51. The number of halogens is 1. The van der Waals surface area contributed by atoms with Gasteiger partial charge in [-0.1, -0.05) is 46.3 Å². The van der Waals surface area contributed by atoms with Crippen LogP contribution in [-0.4, -0.2) is 27.1 Å². The molecule has 0 spiro atoms. The van der Waals surface area contributed by atoms with E-state index in [4.69, 9.17) is 0 Å². The first kappa shape index (κ1) is 14.8. The molecular weight excluding hydrogens is 318 g/mol. The van der Waals surface area contributed by atoms with Crippen molar-refractivity contribution in [1.82, 2.24) is 15.1 Å². The number of rotatable bonds is 5. The summed E-state index contributed by atoms with van der Waals surface area (Å²) in [5.41, 5.74) is 2.71. The van der Waals surface area contributed by atoms with Gasteiger partial charge in [0.1, 0.15) is 0 Å². The molecule has 0 aliphatic heterocycles. The molecule has 1 aromatic carbocycles. The van der Waals surface area contributed by atoms with Crippen molar-refractivity contribution in [3.05, 3.63) is 53.3 Å². The molecule has 0 aliphatic rings. The van der Waals surface area contributed by atoms with Crippen molar-refractivity contribution >= 4 is 21.8 Å². The molecule has 1 amide bonds. The number of hydrogen-bond donors (Lipinski definition) is 1. The molecule has 1 aromatic heterocycles. The number of carbonyl (C=O) groups is 1.